The molecule has 0 fully saturated rings. The van der Waals surface area contributed by atoms with E-state index in [0.29, 0.717) is 30.3 Å². The number of carbonyl (C=O) groups is 3. The third-order valence-corrected chi connectivity index (χ3v) is 6.79. The summed E-state index contributed by atoms with van der Waals surface area (Å²) in [5.74, 6) is -0.817. The Balaban J connectivity index is 1.67. The lowest BCUT2D eigenvalue weighted by atomic mass is 10.0. The maximum Gasteiger partial charge on any atom is 0.264 e. The molecule has 2 aliphatic rings. The van der Waals surface area contributed by atoms with Gasteiger partial charge in [0.2, 0.25) is 5.91 Å². The first kappa shape index (κ1) is 21.3. The molecule has 9 nitrogen and oxygen atoms in total. The molecule has 0 bridgehead atoms. The molecule has 0 saturated heterocycles. The summed E-state index contributed by atoms with van der Waals surface area (Å²) in [6.07, 6.45) is 1.19. The summed E-state index contributed by atoms with van der Waals surface area (Å²) in [4.78, 5) is 38.6. The van der Waals surface area contributed by atoms with Gasteiger partial charge in [-0.3, -0.25) is 19.3 Å². The van der Waals surface area contributed by atoms with Crippen LogP contribution in [0.4, 0.5) is 5.00 Å². The molecule has 0 spiro atoms. The van der Waals surface area contributed by atoms with Crippen LogP contribution in [-0.4, -0.2) is 62.3 Å². The molecule has 164 valence electrons. The van der Waals surface area contributed by atoms with Gasteiger partial charge in [-0.1, -0.05) is 6.07 Å². The zero-order valence-corrected chi connectivity index (χ0v) is 18.5. The molecule has 0 unspecified atom stereocenters. The summed E-state index contributed by atoms with van der Waals surface area (Å²) in [5.41, 5.74) is 0.972. The number of benzene rings is 1. The Labute approximate surface area is 182 Å². The van der Waals surface area contributed by atoms with Crippen molar-refractivity contribution in [2.75, 3.05) is 30.5 Å². The highest BCUT2D eigenvalue weighted by atomic mass is 32.2. The normalized spacial score (nSPS) is 16.3. The van der Waals surface area contributed by atoms with E-state index in [1.165, 1.54) is 12.3 Å². The molecule has 0 aliphatic carbocycles. The summed E-state index contributed by atoms with van der Waals surface area (Å²) in [5, 5.41) is 4.34. The summed E-state index contributed by atoms with van der Waals surface area (Å²) < 4.78 is 35.3. The number of nitrogens with one attached hydrogen (secondary N) is 1. The minimum Gasteiger partial charge on any atom is -0.486 e. The fraction of sp³-hybridized carbons (Fsp3) is 0.350. The van der Waals surface area contributed by atoms with Crippen molar-refractivity contribution in [3.05, 3.63) is 40.3 Å². The van der Waals surface area contributed by atoms with Crippen LogP contribution in [0.1, 0.15) is 33.2 Å². The number of thiophene rings is 1. The van der Waals surface area contributed by atoms with Crippen molar-refractivity contribution in [1.82, 2.24) is 4.90 Å². The Kier molecular flexibility index (Phi) is 5.48. The molecule has 0 radical (unpaired) electrons. The summed E-state index contributed by atoms with van der Waals surface area (Å²) in [7, 11) is -3.51. The van der Waals surface area contributed by atoms with Crippen molar-refractivity contribution in [2.45, 2.75) is 19.4 Å². The van der Waals surface area contributed by atoms with E-state index in [1.54, 1.807) is 18.2 Å². The molecule has 0 saturated carbocycles. The van der Waals surface area contributed by atoms with Gasteiger partial charge in [0.1, 0.15) is 28.1 Å². The highest BCUT2D eigenvalue weighted by Gasteiger charge is 2.43. The predicted octanol–water partition coefficient (Wildman–Crippen LogP) is 1.73. The number of rotatable bonds is 6. The van der Waals surface area contributed by atoms with E-state index in [1.807, 2.05) is 0 Å². The monoisotopic (exact) mass is 464 g/mol. The molecule has 1 N–H and O–H groups in total. The maximum absolute atomic E-state index is 13.1. The standard InChI is InChI=1S/C20H20N2O7S2/c1-11(23)21-18-17-14(9-30-18)19(24)22(20(17)25)13(10-31(2,26)27)7-12-3-4-15-16(8-12)29-6-5-28-15/h3-4,8-9,13H,5-7,10H2,1-2H3,(H,21,23)/t13-/m1/s1. The Morgan fingerprint density at radius 3 is 2.58 bits per heavy atom. The number of fused-ring (bicyclic) bond motifs is 2. The van der Waals surface area contributed by atoms with Gasteiger partial charge >= 0.3 is 0 Å². The molecular formula is C20H20N2O7S2. The van der Waals surface area contributed by atoms with Gasteiger partial charge in [0.25, 0.3) is 11.8 Å². The molecule has 11 heteroatoms. The largest absolute Gasteiger partial charge is 0.486 e. The van der Waals surface area contributed by atoms with Crippen molar-refractivity contribution >= 4 is 43.9 Å². The van der Waals surface area contributed by atoms with Crippen molar-refractivity contribution in [3.8, 4) is 11.5 Å². The average Bonchev–Trinajstić information content (AvgIpc) is 3.19. The van der Waals surface area contributed by atoms with Gasteiger partial charge in [0.05, 0.1) is 22.9 Å². The molecule has 3 heterocycles. The van der Waals surface area contributed by atoms with Crippen molar-refractivity contribution in [2.24, 2.45) is 0 Å². The molecule has 2 aliphatic heterocycles. The molecule has 3 amide bonds. The number of ether oxygens (including phenoxy) is 2. The zero-order chi connectivity index (χ0) is 22.3. The number of carbonyl (C=O) groups excluding carboxylic acids is 3. The lowest BCUT2D eigenvalue weighted by molar-refractivity contribution is -0.114. The predicted molar refractivity (Wildman–Crippen MR) is 114 cm³/mol. The first-order valence-electron chi connectivity index (χ1n) is 9.47. The smallest absolute Gasteiger partial charge is 0.264 e. The van der Waals surface area contributed by atoms with Gasteiger partial charge < -0.3 is 14.8 Å². The summed E-state index contributed by atoms with van der Waals surface area (Å²) in [6, 6.07) is 4.29. The molecule has 31 heavy (non-hydrogen) atoms. The van der Waals surface area contributed by atoms with E-state index < -0.39 is 27.7 Å². The molecule has 4 rings (SSSR count). The average molecular weight is 465 g/mol. The van der Waals surface area contributed by atoms with Crippen LogP contribution in [0.3, 0.4) is 0 Å². The quantitative estimate of drug-likeness (QED) is 0.647. The summed E-state index contributed by atoms with van der Waals surface area (Å²) in [6.45, 7) is 2.15. The SMILES string of the molecule is CC(=O)Nc1scc2c1C(=O)N([C@H](Cc1ccc3c(c1)OCCO3)CS(C)(=O)=O)C2=O. The Hall–Kier alpha value is -2.92. The summed E-state index contributed by atoms with van der Waals surface area (Å²) >= 11 is 1.09. The minimum absolute atomic E-state index is 0.103. The van der Waals surface area contributed by atoms with Crippen LogP contribution in [0, 0.1) is 0 Å². The van der Waals surface area contributed by atoms with Crippen LogP contribution in [0.25, 0.3) is 0 Å². The van der Waals surface area contributed by atoms with Gasteiger partial charge in [-0.05, 0) is 24.1 Å². The fourth-order valence-electron chi connectivity index (χ4n) is 3.71. The van der Waals surface area contributed by atoms with Crippen LogP contribution in [0.15, 0.2) is 23.6 Å². The number of imide groups is 1. The van der Waals surface area contributed by atoms with Crippen LogP contribution < -0.4 is 14.8 Å². The maximum atomic E-state index is 13.1. The number of nitrogens with zero attached hydrogens (tertiary/aromatic N) is 1. The van der Waals surface area contributed by atoms with Crippen molar-refractivity contribution in [3.63, 3.8) is 0 Å². The van der Waals surface area contributed by atoms with Gasteiger partial charge in [-0.2, -0.15) is 0 Å². The highest BCUT2D eigenvalue weighted by Crippen LogP contribution is 2.37. The third-order valence-electron chi connectivity index (χ3n) is 4.90. The number of hydrogen-bond donors (Lipinski definition) is 1. The Bertz CT molecular complexity index is 1190. The van der Waals surface area contributed by atoms with Gasteiger partial charge in [0, 0.05) is 18.6 Å². The topological polar surface area (TPSA) is 119 Å². The van der Waals surface area contributed by atoms with E-state index in [-0.39, 0.29) is 34.2 Å². The Morgan fingerprint density at radius 1 is 1.19 bits per heavy atom. The molecule has 2 aromatic rings. The number of hydrogen-bond acceptors (Lipinski definition) is 8. The van der Waals surface area contributed by atoms with E-state index >= 15 is 0 Å². The molecule has 1 aromatic carbocycles. The lowest BCUT2D eigenvalue weighted by Crippen LogP contribution is -2.45. The molecule has 1 atom stereocenters. The van der Waals surface area contributed by atoms with Gasteiger partial charge in [-0.15, -0.1) is 11.3 Å². The highest BCUT2D eigenvalue weighted by molar-refractivity contribution is 7.90. The second-order valence-electron chi connectivity index (χ2n) is 7.44. The lowest BCUT2D eigenvalue weighted by Gasteiger charge is -2.26. The number of anilines is 1. The first-order valence-corrected chi connectivity index (χ1v) is 12.4. The first-order chi connectivity index (χ1) is 14.6. The second-order valence-corrected chi connectivity index (χ2v) is 10.5. The van der Waals surface area contributed by atoms with Gasteiger partial charge in [-0.25, -0.2) is 8.42 Å². The van der Waals surface area contributed by atoms with E-state index in [9.17, 15) is 22.8 Å². The molecular weight excluding hydrogens is 444 g/mol. The van der Waals surface area contributed by atoms with E-state index in [4.69, 9.17) is 9.47 Å². The van der Waals surface area contributed by atoms with E-state index in [0.717, 1.165) is 22.5 Å². The van der Waals surface area contributed by atoms with Crippen LogP contribution in [0.5, 0.6) is 11.5 Å². The fourth-order valence-corrected chi connectivity index (χ4v) is 5.65. The number of sulfone groups is 1. The van der Waals surface area contributed by atoms with Crippen molar-refractivity contribution < 1.29 is 32.3 Å². The number of amides is 3. The van der Waals surface area contributed by atoms with Crippen LogP contribution >= 0.6 is 11.3 Å². The van der Waals surface area contributed by atoms with Gasteiger partial charge in [0.15, 0.2) is 11.5 Å². The third kappa shape index (κ3) is 4.28. The minimum atomic E-state index is -3.51. The van der Waals surface area contributed by atoms with Crippen LogP contribution in [-0.2, 0) is 21.1 Å². The van der Waals surface area contributed by atoms with Crippen molar-refractivity contribution in [1.29, 1.82) is 0 Å². The second kappa shape index (κ2) is 7.97. The van der Waals surface area contributed by atoms with Crippen LogP contribution in [0.2, 0.25) is 0 Å². The van der Waals surface area contributed by atoms with E-state index in [2.05, 4.69) is 5.32 Å². The molecule has 1 aromatic heterocycles. The Morgan fingerprint density at radius 2 is 1.90 bits per heavy atom. The zero-order valence-electron chi connectivity index (χ0n) is 16.8.